The Morgan fingerprint density at radius 1 is 1.32 bits per heavy atom. The molecule has 98 valence electrons. The van der Waals surface area contributed by atoms with Crippen LogP contribution in [0.4, 0.5) is 5.82 Å². The molecule has 0 fully saturated rings. The van der Waals surface area contributed by atoms with Gasteiger partial charge in [-0.1, -0.05) is 24.3 Å². The molecule has 1 N–H and O–H groups in total. The molecule has 0 amide bonds. The number of hydrogen-bond donors (Lipinski definition) is 1. The fourth-order valence-electron chi connectivity index (χ4n) is 2.51. The summed E-state index contributed by atoms with van der Waals surface area (Å²) < 4.78 is 5.17. The Balaban J connectivity index is 1.95. The minimum absolute atomic E-state index is 0.320. The molecule has 0 bridgehead atoms. The van der Waals surface area contributed by atoms with E-state index in [0.29, 0.717) is 12.5 Å². The first-order valence-corrected chi connectivity index (χ1v) is 6.44. The van der Waals surface area contributed by atoms with Crippen molar-refractivity contribution in [2.45, 2.75) is 18.9 Å². The van der Waals surface area contributed by atoms with Crippen molar-refractivity contribution >= 4 is 5.82 Å². The van der Waals surface area contributed by atoms with Gasteiger partial charge in [0.15, 0.2) is 0 Å². The van der Waals surface area contributed by atoms with E-state index in [1.165, 1.54) is 11.1 Å². The Labute approximate surface area is 112 Å². The van der Waals surface area contributed by atoms with E-state index in [1.807, 2.05) is 13.1 Å². The van der Waals surface area contributed by atoms with Gasteiger partial charge in [-0.25, -0.2) is 9.97 Å². The highest BCUT2D eigenvalue weighted by atomic mass is 16.5. The standard InChI is InChI=1S/C15H17N3O/c1-16-14-8-11(9-19-2)17-15(18-14)13-7-10-5-3-4-6-12(10)13/h3-6,8,13H,7,9H2,1-2H3,(H,16,17,18). The molecule has 0 saturated heterocycles. The van der Waals surface area contributed by atoms with Crippen molar-refractivity contribution in [2.24, 2.45) is 0 Å². The van der Waals surface area contributed by atoms with Crippen LogP contribution in [0, 0.1) is 0 Å². The molecule has 4 nitrogen and oxygen atoms in total. The Bertz CT molecular complexity index is 598. The molecule has 1 aromatic heterocycles. The second-order valence-electron chi connectivity index (χ2n) is 4.74. The third kappa shape index (κ3) is 2.19. The lowest BCUT2D eigenvalue weighted by Crippen LogP contribution is -2.21. The monoisotopic (exact) mass is 255 g/mol. The maximum Gasteiger partial charge on any atom is 0.138 e. The summed E-state index contributed by atoms with van der Waals surface area (Å²) in [6.07, 6.45) is 1.02. The lowest BCUT2D eigenvalue weighted by molar-refractivity contribution is 0.181. The number of nitrogens with one attached hydrogen (secondary N) is 1. The molecule has 1 heterocycles. The topological polar surface area (TPSA) is 47.0 Å². The zero-order chi connectivity index (χ0) is 13.2. The zero-order valence-corrected chi connectivity index (χ0v) is 11.2. The van der Waals surface area contributed by atoms with Gasteiger partial charge in [-0.05, 0) is 17.5 Å². The van der Waals surface area contributed by atoms with Crippen LogP contribution in [0.3, 0.4) is 0 Å². The first-order valence-electron chi connectivity index (χ1n) is 6.44. The maximum absolute atomic E-state index is 5.17. The SMILES string of the molecule is CNc1cc(COC)nc(C2Cc3ccccc32)n1. The van der Waals surface area contributed by atoms with Crippen LogP contribution in [0.1, 0.15) is 28.6 Å². The number of fused-ring (bicyclic) bond motifs is 1. The Morgan fingerprint density at radius 3 is 2.89 bits per heavy atom. The van der Waals surface area contributed by atoms with Crippen molar-refractivity contribution in [3.05, 3.63) is 53.0 Å². The number of benzene rings is 1. The molecule has 2 aromatic rings. The summed E-state index contributed by atoms with van der Waals surface area (Å²) in [6, 6.07) is 10.4. The largest absolute Gasteiger partial charge is 0.378 e. The molecule has 1 aliphatic rings. The molecule has 1 aliphatic carbocycles. The van der Waals surface area contributed by atoms with Crippen molar-refractivity contribution in [1.82, 2.24) is 9.97 Å². The number of ether oxygens (including phenoxy) is 1. The zero-order valence-electron chi connectivity index (χ0n) is 11.2. The molecular weight excluding hydrogens is 238 g/mol. The van der Waals surface area contributed by atoms with Crippen LogP contribution in [0.2, 0.25) is 0 Å². The molecule has 19 heavy (non-hydrogen) atoms. The van der Waals surface area contributed by atoms with Gasteiger partial charge in [0.2, 0.25) is 0 Å². The quantitative estimate of drug-likeness (QED) is 0.911. The molecule has 3 rings (SSSR count). The fourth-order valence-corrected chi connectivity index (χ4v) is 2.51. The highest BCUT2D eigenvalue weighted by Crippen LogP contribution is 2.38. The molecule has 1 aromatic carbocycles. The van der Waals surface area contributed by atoms with Crippen LogP contribution in [0.15, 0.2) is 30.3 Å². The van der Waals surface area contributed by atoms with E-state index in [2.05, 4.69) is 39.6 Å². The lowest BCUT2D eigenvalue weighted by Gasteiger charge is -2.29. The summed E-state index contributed by atoms with van der Waals surface area (Å²) >= 11 is 0. The molecule has 1 unspecified atom stereocenters. The average molecular weight is 255 g/mol. The van der Waals surface area contributed by atoms with Gasteiger partial charge in [-0.15, -0.1) is 0 Å². The normalized spacial score (nSPS) is 16.6. The van der Waals surface area contributed by atoms with Gasteiger partial charge in [-0.2, -0.15) is 0 Å². The number of rotatable bonds is 4. The number of anilines is 1. The molecular formula is C15H17N3O. The molecule has 0 radical (unpaired) electrons. The van der Waals surface area contributed by atoms with Crippen LogP contribution in [0.5, 0.6) is 0 Å². The summed E-state index contributed by atoms with van der Waals surface area (Å²) in [5.41, 5.74) is 3.67. The van der Waals surface area contributed by atoms with Gasteiger partial charge in [0, 0.05) is 26.1 Å². The highest BCUT2D eigenvalue weighted by Gasteiger charge is 2.29. The first-order chi connectivity index (χ1) is 9.31. The van der Waals surface area contributed by atoms with E-state index in [0.717, 1.165) is 23.8 Å². The number of methoxy groups -OCH3 is 1. The van der Waals surface area contributed by atoms with E-state index in [-0.39, 0.29) is 0 Å². The summed E-state index contributed by atoms with van der Waals surface area (Å²) in [5, 5.41) is 3.09. The van der Waals surface area contributed by atoms with Crippen molar-refractivity contribution in [1.29, 1.82) is 0 Å². The molecule has 4 heteroatoms. The number of hydrogen-bond acceptors (Lipinski definition) is 4. The van der Waals surface area contributed by atoms with Gasteiger partial charge in [-0.3, -0.25) is 0 Å². The molecule has 0 aliphatic heterocycles. The predicted molar refractivity (Wildman–Crippen MR) is 74.3 cm³/mol. The minimum atomic E-state index is 0.320. The fraction of sp³-hybridized carbons (Fsp3) is 0.333. The van der Waals surface area contributed by atoms with Crippen molar-refractivity contribution in [3.8, 4) is 0 Å². The van der Waals surface area contributed by atoms with Gasteiger partial charge in [0.05, 0.1) is 12.3 Å². The van der Waals surface area contributed by atoms with Crippen LogP contribution < -0.4 is 5.32 Å². The summed E-state index contributed by atoms with van der Waals surface area (Å²) in [4.78, 5) is 9.19. The Morgan fingerprint density at radius 2 is 2.16 bits per heavy atom. The average Bonchev–Trinajstić information content (AvgIpc) is 2.40. The summed E-state index contributed by atoms with van der Waals surface area (Å²) in [7, 11) is 3.55. The van der Waals surface area contributed by atoms with E-state index >= 15 is 0 Å². The smallest absolute Gasteiger partial charge is 0.138 e. The highest BCUT2D eigenvalue weighted by molar-refractivity contribution is 5.46. The van der Waals surface area contributed by atoms with Crippen LogP contribution >= 0.6 is 0 Å². The van der Waals surface area contributed by atoms with Gasteiger partial charge in [0.1, 0.15) is 11.6 Å². The van der Waals surface area contributed by atoms with E-state index in [9.17, 15) is 0 Å². The second kappa shape index (κ2) is 4.97. The number of nitrogens with zero attached hydrogens (tertiary/aromatic N) is 2. The Kier molecular flexibility index (Phi) is 3.17. The van der Waals surface area contributed by atoms with Crippen molar-refractivity contribution in [2.75, 3.05) is 19.5 Å². The van der Waals surface area contributed by atoms with E-state index in [1.54, 1.807) is 7.11 Å². The van der Waals surface area contributed by atoms with Crippen molar-refractivity contribution in [3.63, 3.8) is 0 Å². The third-order valence-electron chi connectivity index (χ3n) is 3.51. The van der Waals surface area contributed by atoms with Crippen LogP contribution in [-0.4, -0.2) is 24.1 Å². The van der Waals surface area contributed by atoms with Crippen LogP contribution in [0.25, 0.3) is 0 Å². The second-order valence-corrected chi connectivity index (χ2v) is 4.74. The molecule has 0 saturated carbocycles. The summed E-state index contributed by atoms with van der Waals surface area (Å²) in [6.45, 7) is 0.512. The molecule has 1 atom stereocenters. The summed E-state index contributed by atoms with van der Waals surface area (Å²) in [5.74, 6) is 2.05. The van der Waals surface area contributed by atoms with E-state index in [4.69, 9.17) is 4.74 Å². The molecule has 0 spiro atoms. The van der Waals surface area contributed by atoms with Crippen LogP contribution in [-0.2, 0) is 17.8 Å². The lowest BCUT2D eigenvalue weighted by atomic mass is 9.77. The van der Waals surface area contributed by atoms with Gasteiger partial charge < -0.3 is 10.1 Å². The number of aromatic nitrogens is 2. The third-order valence-corrected chi connectivity index (χ3v) is 3.51. The van der Waals surface area contributed by atoms with Gasteiger partial charge in [0.25, 0.3) is 0 Å². The Hall–Kier alpha value is -1.94. The van der Waals surface area contributed by atoms with Gasteiger partial charge >= 0.3 is 0 Å². The predicted octanol–water partition coefficient (Wildman–Crippen LogP) is 2.35. The van der Waals surface area contributed by atoms with Crippen molar-refractivity contribution < 1.29 is 4.74 Å². The first kappa shape index (κ1) is 12.1. The maximum atomic E-state index is 5.17. The minimum Gasteiger partial charge on any atom is -0.378 e. The van der Waals surface area contributed by atoms with E-state index < -0.39 is 0 Å².